The molecule has 0 radical (unpaired) electrons. The predicted octanol–water partition coefficient (Wildman–Crippen LogP) is 0.302. The first-order valence-electron chi connectivity index (χ1n) is 3.62. The van der Waals surface area contributed by atoms with Gasteiger partial charge in [-0.1, -0.05) is 13.1 Å². The van der Waals surface area contributed by atoms with Crippen LogP contribution in [0.25, 0.3) is 0 Å². The molecule has 1 aliphatic heterocycles. The molecule has 1 fully saturated rings. The standard InChI is InChI=1S/C6H15NOSi/c1-9(2)7-3-5-8-6-4-7/h9H,3-6H2,1-2H3. The van der Waals surface area contributed by atoms with Gasteiger partial charge in [-0.2, -0.15) is 0 Å². The van der Waals surface area contributed by atoms with Crippen LogP contribution in [0, 0.1) is 0 Å². The molecule has 1 aliphatic rings. The number of morpholine rings is 1. The number of ether oxygens (including phenoxy) is 1. The number of rotatable bonds is 1. The van der Waals surface area contributed by atoms with E-state index in [1.165, 1.54) is 13.1 Å². The summed E-state index contributed by atoms with van der Waals surface area (Å²) in [6, 6.07) is 0. The van der Waals surface area contributed by atoms with Gasteiger partial charge in [0, 0.05) is 13.1 Å². The van der Waals surface area contributed by atoms with Gasteiger partial charge in [-0.05, 0) is 0 Å². The first-order valence-corrected chi connectivity index (χ1v) is 6.45. The van der Waals surface area contributed by atoms with Gasteiger partial charge in [0.2, 0.25) is 0 Å². The fourth-order valence-electron chi connectivity index (χ4n) is 1.09. The lowest BCUT2D eigenvalue weighted by Gasteiger charge is -2.29. The van der Waals surface area contributed by atoms with Crippen molar-refractivity contribution < 1.29 is 4.74 Å². The van der Waals surface area contributed by atoms with E-state index in [4.69, 9.17) is 4.74 Å². The summed E-state index contributed by atoms with van der Waals surface area (Å²) in [6.07, 6.45) is 0. The Kier molecular flexibility index (Phi) is 2.69. The van der Waals surface area contributed by atoms with Gasteiger partial charge >= 0.3 is 0 Å². The van der Waals surface area contributed by atoms with Crippen LogP contribution in [-0.4, -0.2) is 39.8 Å². The van der Waals surface area contributed by atoms with Crippen LogP contribution < -0.4 is 0 Å². The molecular weight excluding hydrogens is 130 g/mol. The van der Waals surface area contributed by atoms with Gasteiger partial charge in [0.15, 0.2) is 0 Å². The Morgan fingerprint density at radius 3 is 2.11 bits per heavy atom. The monoisotopic (exact) mass is 145 g/mol. The lowest BCUT2D eigenvalue weighted by molar-refractivity contribution is 0.0711. The van der Waals surface area contributed by atoms with Crippen molar-refractivity contribution in [2.24, 2.45) is 0 Å². The Morgan fingerprint density at radius 2 is 1.78 bits per heavy atom. The third kappa shape index (κ3) is 2.08. The van der Waals surface area contributed by atoms with Gasteiger partial charge in [-0.25, -0.2) is 0 Å². The van der Waals surface area contributed by atoms with Gasteiger partial charge in [0.25, 0.3) is 0 Å². The predicted molar refractivity (Wildman–Crippen MR) is 41.3 cm³/mol. The first-order chi connectivity index (χ1) is 4.30. The maximum atomic E-state index is 5.23. The molecule has 0 aliphatic carbocycles. The summed E-state index contributed by atoms with van der Waals surface area (Å²) in [6.45, 7) is 8.97. The molecule has 0 N–H and O–H groups in total. The van der Waals surface area contributed by atoms with Crippen LogP contribution in [0.1, 0.15) is 0 Å². The Labute approximate surface area is 58.5 Å². The summed E-state index contributed by atoms with van der Waals surface area (Å²) in [5.74, 6) is 0. The summed E-state index contributed by atoms with van der Waals surface area (Å²) in [5, 5.41) is 0. The molecule has 1 rings (SSSR count). The van der Waals surface area contributed by atoms with Crippen molar-refractivity contribution in [3.63, 3.8) is 0 Å². The molecule has 0 aromatic heterocycles. The zero-order valence-electron chi connectivity index (χ0n) is 6.26. The molecular formula is C6H15NOSi. The normalized spacial score (nSPS) is 23.0. The van der Waals surface area contributed by atoms with Gasteiger partial charge in [-0.3, -0.25) is 0 Å². The molecule has 0 saturated carbocycles. The zero-order chi connectivity index (χ0) is 6.69. The molecule has 2 nitrogen and oxygen atoms in total. The van der Waals surface area contributed by atoms with E-state index in [9.17, 15) is 0 Å². The zero-order valence-corrected chi connectivity index (χ0v) is 7.42. The van der Waals surface area contributed by atoms with Crippen molar-refractivity contribution in [2.75, 3.05) is 26.3 Å². The SMILES string of the molecule is C[SiH](C)N1CCOCC1. The second-order valence-corrected chi connectivity index (χ2v) is 5.66. The smallest absolute Gasteiger partial charge is 0.106 e. The van der Waals surface area contributed by atoms with E-state index >= 15 is 0 Å². The summed E-state index contributed by atoms with van der Waals surface area (Å²) in [4.78, 5) is 0. The summed E-state index contributed by atoms with van der Waals surface area (Å²) < 4.78 is 7.80. The van der Waals surface area contributed by atoms with E-state index in [2.05, 4.69) is 17.7 Å². The number of nitrogens with zero attached hydrogens (tertiary/aromatic N) is 1. The molecule has 0 bridgehead atoms. The second-order valence-electron chi connectivity index (χ2n) is 2.74. The molecule has 0 unspecified atom stereocenters. The molecule has 1 heterocycles. The van der Waals surface area contributed by atoms with Crippen molar-refractivity contribution in [3.05, 3.63) is 0 Å². The minimum Gasteiger partial charge on any atom is -0.379 e. The maximum absolute atomic E-state index is 5.23. The average molecular weight is 145 g/mol. The summed E-state index contributed by atoms with van der Waals surface area (Å²) >= 11 is 0. The largest absolute Gasteiger partial charge is 0.379 e. The van der Waals surface area contributed by atoms with E-state index in [1.807, 2.05) is 0 Å². The Balaban J connectivity index is 2.23. The lowest BCUT2D eigenvalue weighted by Crippen LogP contribution is -2.43. The fraction of sp³-hybridized carbons (Fsp3) is 1.00. The molecule has 0 atom stereocenters. The lowest BCUT2D eigenvalue weighted by atomic mass is 10.5. The third-order valence-corrected chi connectivity index (χ3v) is 3.75. The summed E-state index contributed by atoms with van der Waals surface area (Å²) in [5.41, 5.74) is 0. The third-order valence-electron chi connectivity index (χ3n) is 1.78. The molecule has 9 heavy (non-hydrogen) atoms. The second kappa shape index (κ2) is 3.34. The van der Waals surface area contributed by atoms with Crippen LogP contribution >= 0.6 is 0 Å². The molecule has 1 saturated heterocycles. The molecule has 3 heteroatoms. The quantitative estimate of drug-likeness (QED) is 0.492. The average Bonchev–Trinajstić information content (AvgIpc) is 1.90. The van der Waals surface area contributed by atoms with Crippen LogP contribution in [-0.2, 0) is 4.74 Å². The van der Waals surface area contributed by atoms with Crippen LogP contribution in [0.3, 0.4) is 0 Å². The topological polar surface area (TPSA) is 12.5 Å². The van der Waals surface area contributed by atoms with Crippen LogP contribution in [0.2, 0.25) is 13.1 Å². The molecule has 54 valence electrons. The highest BCUT2D eigenvalue weighted by Gasteiger charge is 2.12. The molecule has 0 aromatic rings. The van der Waals surface area contributed by atoms with Gasteiger partial charge in [0.05, 0.1) is 13.2 Å². The maximum Gasteiger partial charge on any atom is 0.106 e. The Morgan fingerprint density at radius 1 is 1.22 bits per heavy atom. The van der Waals surface area contributed by atoms with Crippen molar-refractivity contribution in [2.45, 2.75) is 13.1 Å². The van der Waals surface area contributed by atoms with Crippen LogP contribution in [0.4, 0.5) is 0 Å². The minimum atomic E-state index is -0.499. The van der Waals surface area contributed by atoms with Crippen molar-refractivity contribution in [1.82, 2.24) is 4.57 Å². The van der Waals surface area contributed by atoms with E-state index in [0.29, 0.717) is 0 Å². The van der Waals surface area contributed by atoms with E-state index in [1.54, 1.807) is 0 Å². The van der Waals surface area contributed by atoms with Gasteiger partial charge in [-0.15, -0.1) is 0 Å². The van der Waals surface area contributed by atoms with Crippen LogP contribution in [0.5, 0.6) is 0 Å². The van der Waals surface area contributed by atoms with Gasteiger partial charge < -0.3 is 9.30 Å². The summed E-state index contributed by atoms with van der Waals surface area (Å²) in [7, 11) is -0.499. The van der Waals surface area contributed by atoms with Crippen LogP contribution in [0.15, 0.2) is 0 Å². The molecule has 0 aromatic carbocycles. The number of hydrogen-bond donors (Lipinski definition) is 0. The Bertz CT molecular complexity index is 81.1. The number of hydrogen-bond acceptors (Lipinski definition) is 2. The highest BCUT2D eigenvalue weighted by Crippen LogP contribution is 1.98. The van der Waals surface area contributed by atoms with E-state index in [0.717, 1.165) is 13.2 Å². The van der Waals surface area contributed by atoms with Crippen molar-refractivity contribution in [3.8, 4) is 0 Å². The molecule has 0 amide bonds. The van der Waals surface area contributed by atoms with Gasteiger partial charge in [0.1, 0.15) is 8.96 Å². The molecule has 0 spiro atoms. The fourth-order valence-corrected chi connectivity index (χ4v) is 2.34. The highest BCUT2D eigenvalue weighted by molar-refractivity contribution is 6.52. The van der Waals surface area contributed by atoms with E-state index in [-0.39, 0.29) is 0 Å². The highest BCUT2D eigenvalue weighted by atomic mass is 28.3. The Hall–Kier alpha value is 0.137. The van der Waals surface area contributed by atoms with Crippen molar-refractivity contribution >= 4 is 8.96 Å². The van der Waals surface area contributed by atoms with Crippen molar-refractivity contribution in [1.29, 1.82) is 0 Å². The minimum absolute atomic E-state index is 0.499. The first kappa shape index (κ1) is 7.25. The van der Waals surface area contributed by atoms with E-state index < -0.39 is 8.96 Å².